The first-order valence-electron chi connectivity index (χ1n) is 8.81. The molecule has 0 unspecified atom stereocenters. The van der Waals surface area contributed by atoms with Gasteiger partial charge in [-0.15, -0.1) is 0 Å². The van der Waals surface area contributed by atoms with E-state index in [-0.39, 0.29) is 0 Å². The third kappa shape index (κ3) is 6.19. The number of unbranched alkanes of at least 4 members (excludes halogenated alkanes) is 3. The Hall–Kier alpha value is -0.860. The van der Waals surface area contributed by atoms with Crippen molar-refractivity contribution in [3.05, 3.63) is 35.9 Å². The van der Waals surface area contributed by atoms with Crippen molar-refractivity contribution in [1.82, 2.24) is 5.32 Å². The topological polar surface area (TPSA) is 21.3 Å². The van der Waals surface area contributed by atoms with E-state index in [1.165, 1.54) is 50.5 Å². The van der Waals surface area contributed by atoms with Crippen molar-refractivity contribution >= 4 is 0 Å². The lowest BCUT2D eigenvalue weighted by atomic mass is 9.97. The molecular weight excluding hydrogens is 258 g/mol. The van der Waals surface area contributed by atoms with Crippen LogP contribution in [0.4, 0.5) is 0 Å². The summed E-state index contributed by atoms with van der Waals surface area (Å²) >= 11 is 0. The molecule has 2 nitrogen and oxygen atoms in total. The largest absolute Gasteiger partial charge is 0.370 e. The van der Waals surface area contributed by atoms with Gasteiger partial charge in [-0.2, -0.15) is 0 Å². The highest BCUT2D eigenvalue weighted by Crippen LogP contribution is 2.31. The average molecular weight is 289 g/mol. The predicted octanol–water partition coefficient (Wildman–Crippen LogP) is 4.86. The molecule has 2 atom stereocenters. The van der Waals surface area contributed by atoms with E-state index in [1.54, 1.807) is 0 Å². The van der Waals surface area contributed by atoms with Gasteiger partial charge in [-0.25, -0.2) is 0 Å². The standard InChI is InChI=1S/C19H31NO/c1-2-3-4-8-15-20-16-14-18-12-9-13-19(21-18)17-10-6-5-7-11-17/h5-7,10-11,18-20H,2-4,8-9,12-16H2,1H3/t18-,19+/m0/s1. The SMILES string of the molecule is CCCCCCNCC[C@@H]1CCC[C@H](c2ccccc2)O1. The molecular formula is C19H31NO. The van der Waals surface area contributed by atoms with Gasteiger partial charge < -0.3 is 10.1 Å². The highest BCUT2D eigenvalue weighted by atomic mass is 16.5. The fourth-order valence-electron chi connectivity index (χ4n) is 3.09. The molecule has 0 aliphatic carbocycles. The van der Waals surface area contributed by atoms with Gasteiger partial charge >= 0.3 is 0 Å². The Morgan fingerprint density at radius 1 is 1.05 bits per heavy atom. The van der Waals surface area contributed by atoms with Crippen LogP contribution in [-0.4, -0.2) is 19.2 Å². The molecule has 1 N–H and O–H groups in total. The zero-order chi connectivity index (χ0) is 14.8. The van der Waals surface area contributed by atoms with Crippen molar-refractivity contribution in [2.24, 2.45) is 0 Å². The number of hydrogen-bond acceptors (Lipinski definition) is 2. The van der Waals surface area contributed by atoms with Gasteiger partial charge in [0.2, 0.25) is 0 Å². The van der Waals surface area contributed by atoms with E-state index in [1.807, 2.05) is 0 Å². The number of rotatable bonds is 9. The molecule has 1 fully saturated rings. The van der Waals surface area contributed by atoms with Crippen LogP contribution in [0.15, 0.2) is 30.3 Å². The minimum atomic E-state index is 0.314. The van der Waals surface area contributed by atoms with Crippen molar-refractivity contribution in [3.63, 3.8) is 0 Å². The Morgan fingerprint density at radius 2 is 1.90 bits per heavy atom. The fraction of sp³-hybridized carbons (Fsp3) is 0.684. The molecule has 2 rings (SSSR count). The molecule has 2 heteroatoms. The molecule has 1 aromatic carbocycles. The van der Waals surface area contributed by atoms with Crippen LogP contribution in [0.3, 0.4) is 0 Å². The van der Waals surface area contributed by atoms with Crippen molar-refractivity contribution in [3.8, 4) is 0 Å². The summed E-state index contributed by atoms with van der Waals surface area (Å²) in [5.41, 5.74) is 1.34. The second-order valence-electron chi connectivity index (χ2n) is 6.19. The van der Waals surface area contributed by atoms with Crippen LogP contribution in [0.2, 0.25) is 0 Å². The van der Waals surface area contributed by atoms with Gasteiger partial charge in [0.1, 0.15) is 0 Å². The van der Waals surface area contributed by atoms with Crippen LogP contribution in [0.25, 0.3) is 0 Å². The first-order chi connectivity index (χ1) is 10.4. The zero-order valence-electron chi connectivity index (χ0n) is 13.5. The van der Waals surface area contributed by atoms with E-state index >= 15 is 0 Å². The molecule has 0 spiro atoms. The Morgan fingerprint density at radius 3 is 2.71 bits per heavy atom. The highest BCUT2D eigenvalue weighted by Gasteiger charge is 2.22. The first-order valence-corrected chi connectivity index (χ1v) is 8.81. The van der Waals surface area contributed by atoms with E-state index in [2.05, 4.69) is 42.6 Å². The number of nitrogens with one attached hydrogen (secondary N) is 1. The quantitative estimate of drug-likeness (QED) is 0.656. The van der Waals surface area contributed by atoms with E-state index < -0.39 is 0 Å². The maximum atomic E-state index is 6.28. The first kappa shape index (κ1) is 16.5. The molecule has 1 aromatic rings. The van der Waals surface area contributed by atoms with Crippen LogP contribution < -0.4 is 5.32 Å². The lowest BCUT2D eigenvalue weighted by molar-refractivity contribution is -0.0544. The van der Waals surface area contributed by atoms with Gasteiger partial charge in [0, 0.05) is 0 Å². The summed E-state index contributed by atoms with van der Waals surface area (Å²) in [6, 6.07) is 10.7. The molecule has 118 valence electrons. The average Bonchev–Trinajstić information content (AvgIpc) is 2.55. The summed E-state index contributed by atoms with van der Waals surface area (Å²) in [5.74, 6) is 0. The van der Waals surface area contributed by atoms with E-state index in [9.17, 15) is 0 Å². The van der Waals surface area contributed by atoms with Gasteiger partial charge in [-0.05, 0) is 50.8 Å². The maximum Gasteiger partial charge on any atom is 0.0828 e. The van der Waals surface area contributed by atoms with Gasteiger partial charge in [-0.1, -0.05) is 56.5 Å². The minimum absolute atomic E-state index is 0.314. The molecule has 1 aliphatic heterocycles. The van der Waals surface area contributed by atoms with Crippen LogP contribution in [0.5, 0.6) is 0 Å². The number of ether oxygens (including phenoxy) is 1. The monoisotopic (exact) mass is 289 g/mol. The van der Waals surface area contributed by atoms with Gasteiger partial charge in [0.15, 0.2) is 0 Å². The fourth-order valence-corrected chi connectivity index (χ4v) is 3.09. The third-order valence-corrected chi connectivity index (χ3v) is 4.37. The number of hydrogen-bond donors (Lipinski definition) is 1. The molecule has 1 aliphatic rings. The highest BCUT2D eigenvalue weighted by molar-refractivity contribution is 5.17. The summed E-state index contributed by atoms with van der Waals surface area (Å²) in [6.07, 6.45) is 10.9. The molecule has 0 saturated carbocycles. The Bertz CT molecular complexity index is 365. The summed E-state index contributed by atoms with van der Waals surface area (Å²) in [4.78, 5) is 0. The Kier molecular flexibility index (Phi) is 7.83. The van der Waals surface area contributed by atoms with Crippen LogP contribution in [0.1, 0.15) is 70.0 Å². The Balaban J connectivity index is 1.61. The lowest BCUT2D eigenvalue weighted by Crippen LogP contribution is -2.27. The molecule has 0 aromatic heterocycles. The zero-order valence-corrected chi connectivity index (χ0v) is 13.5. The maximum absolute atomic E-state index is 6.28. The van der Waals surface area contributed by atoms with Crippen LogP contribution in [0, 0.1) is 0 Å². The van der Waals surface area contributed by atoms with E-state index in [0.717, 1.165) is 19.5 Å². The van der Waals surface area contributed by atoms with Crippen molar-refractivity contribution in [1.29, 1.82) is 0 Å². The molecule has 0 radical (unpaired) electrons. The second kappa shape index (κ2) is 9.97. The molecule has 0 amide bonds. The lowest BCUT2D eigenvalue weighted by Gasteiger charge is -2.30. The molecule has 1 heterocycles. The normalized spacial score (nSPS) is 22.3. The van der Waals surface area contributed by atoms with Crippen molar-refractivity contribution in [2.75, 3.05) is 13.1 Å². The summed E-state index contributed by atoms with van der Waals surface area (Å²) < 4.78 is 6.28. The van der Waals surface area contributed by atoms with E-state index in [4.69, 9.17) is 4.74 Å². The minimum Gasteiger partial charge on any atom is -0.370 e. The van der Waals surface area contributed by atoms with Crippen molar-refractivity contribution < 1.29 is 4.74 Å². The van der Waals surface area contributed by atoms with Crippen LogP contribution in [-0.2, 0) is 4.74 Å². The predicted molar refractivity (Wildman–Crippen MR) is 89.5 cm³/mol. The van der Waals surface area contributed by atoms with Crippen molar-refractivity contribution in [2.45, 2.75) is 70.5 Å². The Labute approximate surface area is 130 Å². The number of benzene rings is 1. The van der Waals surface area contributed by atoms with Crippen LogP contribution >= 0.6 is 0 Å². The van der Waals surface area contributed by atoms with Gasteiger partial charge in [-0.3, -0.25) is 0 Å². The molecule has 21 heavy (non-hydrogen) atoms. The molecule has 1 saturated heterocycles. The summed E-state index contributed by atoms with van der Waals surface area (Å²) in [5, 5.41) is 3.57. The van der Waals surface area contributed by atoms with E-state index in [0.29, 0.717) is 12.2 Å². The third-order valence-electron chi connectivity index (χ3n) is 4.37. The molecule has 0 bridgehead atoms. The van der Waals surface area contributed by atoms with Gasteiger partial charge in [0.25, 0.3) is 0 Å². The summed E-state index contributed by atoms with van der Waals surface area (Å²) in [6.45, 7) is 4.52. The summed E-state index contributed by atoms with van der Waals surface area (Å²) in [7, 11) is 0. The second-order valence-corrected chi connectivity index (χ2v) is 6.19. The smallest absolute Gasteiger partial charge is 0.0828 e. The van der Waals surface area contributed by atoms with Gasteiger partial charge in [0.05, 0.1) is 12.2 Å².